The monoisotopic (exact) mass is 375 g/mol. The van der Waals surface area contributed by atoms with Gasteiger partial charge in [-0.25, -0.2) is 0 Å². The van der Waals surface area contributed by atoms with Crippen molar-refractivity contribution in [1.29, 1.82) is 5.26 Å². The molecule has 0 aromatic heterocycles. The van der Waals surface area contributed by atoms with E-state index in [2.05, 4.69) is 10.8 Å². The van der Waals surface area contributed by atoms with Gasteiger partial charge in [-0.05, 0) is 36.5 Å². The first-order valence-electron chi connectivity index (χ1n) is 8.00. The Morgan fingerprint density at radius 3 is 2.48 bits per heavy atom. The zero-order valence-corrected chi connectivity index (χ0v) is 14.6. The van der Waals surface area contributed by atoms with Gasteiger partial charge in [0.2, 0.25) is 0 Å². The highest BCUT2D eigenvalue weighted by Crippen LogP contribution is 2.34. The third-order valence-electron chi connectivity index (χ3n) is 4.39. The van der Waals surface area contributed by atoms with Gasteiger partial charge in [-0.3, -0.25) is 0 Å². The molecule has 25 heavy (non-hydrogen) atoms. The largest absolute Gasteiger partial charge is 0.391 e. The van der Waals surface area contributed by atoms with Gasteiger partial charge in [0.25, 0.3) is 10.2 Å². The molecule has 0 saturated carbocycles. The van der Waals surface area contributed by atoms with Crippen LogP contribution >= 0.6 is 0 Å². The van der Waals surface area contributed by atoms with E-state index in [-0.39, 0.29) is 32.5 Å². The average molecular weight is 375 g/mol. The van der Waals surface area contributed by atoms with Crippen LogP contribution in [0, 0.1) is 17.2 Å². The SMILES string of the molecule is CCc1cc(CNS(=O)(=O)N2CCC(C(F)(F)F)CC2)ccc1C#N. The number of hydrogen-bond donors (Lipinski definition) is 1. The van der Waals surface area contributed by atoms with Crippen LogP contribution in [0.15, 0.2) is 18.2 Å². The van der Waals surface area contributed by atoms with Crippen molar-refractivity contribution in [3.63, 3.8) is 0 Å². The molecule has 138 valence electrons. The number of nitriles is 1. The first kappa shape index (κ1) is 19.7. The van der Waals surface area contributed by atoms with Crippen molar-refractivity contribution >= 4 is 10.2 Å². The molecule has 1 aliphatic heterocycles. The lowest BCUT2D eigenvalue weighted by molar-refractivity contribution is -0.182. The van der Waals surface area contributed by atoms with E-state index in [0.29, 0.717) is 17.5 Å². The highest BCUT2D eigenvalue weighted by Gasteiger charge is 2.42. The normalized spacial score (nSPS) is 17.4. The quantitative estimate of drug-likeness (QED) is 0.860. The first-order valence-corrected chi connectivity index (χ1v) is 9.44. The van der Waals surface area contributed by atoms with Crippen LogP contribution in [-0.4, -0.2) is 32.0 Å². The number of benzene rings is 1. The number of hydrogen-bond acceptors (Lipinski definition) is 3. The van der Waals surface area contributed by atoms with Crippen LogP contribution in [0.2, 0.25) is 0 Å². The summed E-state index contributed by atoms with van der Waals surface area (Å²) in [7, 11) is -3.83. The van der Waals surface area contributed by atoms with Crippen LogP contribution in [-0.2, 0) is 23.2 Å². The van der Waals surface area contributed by atoms with Crippen LogP contribution in [0.4, 0.5) is 13.2 Å². The van der Waals surface area contributed by atoms with Crippen molar-refractivity contribution in [3.8, 4) is 6.07 Å². The minimum atomic E-state index is -4.28. The summed E-state index contributed by atoms with van der Waals surface area (Å²) in [5.41, 5.74) is 2.07. The van der Waals surface area contributed by atoms with Crippen LogP contribution in [0.1, 0.15) is 36.5 Å². The summed E-state index contributed by atoms with van der Waals surface area (Å²) < 4.78 is 66.0. The fourth-order valence-corrected chi connectivity index (χ4v) is 4.07. The molecule has 1 saturated heterocycles. The van der Waals surface area contributed by atoms with Gasteiger partial charge in [-0.1, -0.05) is 19.1 Å². The third kappa shape index (κ3) is 4.93. The Kier molecular flexibility index (Phi) is 6.08. The second-order valence-electron chi connectivity index (χ2n) is 6.00. The molecular weight excluding hydrogens is 355 g/mol. The minimum absolute atomic E-state index is 0.0280. The van der Waals surface area contributed by atoms with Crippen LogP contribution in [0.5, 0.6) is 0 Å². The van der Waals surface area contributed by atoms with Crippen molar-refractivity contribution in [2.75, 3.05) is 13.1 Å². The lowest BCUT2D eigenvalue weighted by atomic mass is 9.98. The highest BCUT2D eigenvalue weighted by molar-refractivity contribution is 7.87. The summed E-state index contributed by atoms with van der Waals surface area (Å²) in [6, 6.07) is 7.14. The lowest BCUT2D eigenvalue weighted by Crippen LogP contribution is -2.46. The Morgan fingerprint density at radius 1 is 1.32 bits per heavy atom. The maximum absolute atomic E-state index is 12.7. The highest BCUT2D eigenvalue weighted by atomic mass is 32.2. The van der Waals surface area contributed by atoms with E-state index >= 15 is 0 Å². The Balaban J connectivity index is 1.98. The molecule has 2 rings (SSSR count). The zero-order chi connectivity index (χ0) is 18.7. The van der Waals surface area contributed by atoms with Crippen molar-refractivity contribution < 1.29 is 21.6 Å². The van der Waals surface area contributed by atoms with Crippen molar-refractivity contribution in [2.24, 2.45) is 5.92 Å². The molecule has 0 atom stereocenters. The molecular formula is C16H20F3N3O2S. The van der Waals surface area contributed by atoms with Gasteiger partial charge < -0.3 is 0 Å². The molecule has 1 N–H and O–H groups in total. The summed E-state index contributed by atoms with van der Waals surface area (Å²) in [5, 5.41) is 9.00. The number of halogens is 3. The van der Waals surface area contributed by atoms with Crippen molar-refractivity contribution in [1.82, 2.24) is 9.03 Å². The summed E-state index contributed by atoms with van der Waals surface area (Å²) in [4.78, 5) is 0. The minimum Gasteiger partial charge on any atom is -0.198 e. The number of aryl methyl sites for hydroxylation is 1. The summed E-state index contributed by atoms with van der Waals surface area (Å²) >= 11 is 0. The van der Waals surface area contributed by atoms with E-state index in [0.717, 1.165) is 9.87 Å². The maximum Gasteiger partial charge on any atom is 0.391 e. The molecule has 1 heterocycles. The molecule has 9 heteroatoms. The molecule has 0 unspecified atom stereocenters. The molecule has 0 aliphatic carbocycles. The number of rotatable bonds is 5. The smallest absolute Gasteiger partial charge is 0.198 e. The number of alkyl halides is 3. The Bertz CT molecular complexity index is 749. The second-order valence-corrected chi connectivity index (χ2v) is 7.75. The predicted octanol–water partition coefficient (Wildman–Crippen LogP) is 2.73. The number of piperidine rings is 1. The summed E-state index contributed by atoms with van der Waals surface area (Å²) in [6.45, 7) is 1.63. The van der Waals surface area contributed by atoms with E-state index < -0.39 is 22.3 Å². The van der Waals surface area contributed by atoms with E-state index in [1.54, 1.807) is 18.2 Å². The van der Waals surface area contributed by atoms with Gasteiger partial charge in [0.15, 0.2) is 0 Å². The molecule has 1 aromatic rings. The van der Waals surface area contributed by atoms with Crippen LogP contribution in [0.3, 0.4) is 0 Å². The molecule has 0 amide bonds. The average Bonchev–Trinajstić information content (AvgIpc) is 2.59. The molecule has 1 fully saturated rings. The van der Waals surface area contributed by atoms with Gasteiger partial charge in [0, 0.05) is 19.6 Å². The van der Waals surface area contributed by atoms with E-state index in [1.165, 1.54) is 0 Å². The van der Waals surface area contributed by atoms with Gasteiger partial charge >= 0.3 is 6.18 Å². The Labute approximate surface area is 145 Å². The van der Waals surface area contributed by atoms with Crippen LogP contribution < -0.4 is 4.72 Å². The topological polar surface area (TPSA) is 73.2 Å². The molecule has 0 spiro atoms. The van der Waals surface area contributed by atoms with Gasteiger partial charge in [0.05, 0.1) is 17.6 Å². The lowest BCUT2D eigenvalue weighted by Gasteiger charge is -2.32. The van der Waals surface area contributed by atoms with E-state index in [9.17, 15) is 21.6 Å². The van der Waals surface area contributed by atoms with E-state index in [4.69, 9.17) is 5.26 Å². The molecule has 5 nitrogen and oxygen atoms in total. The van der Waals surface area contributed by atoms with E-state index in [1.807, 2.05) is 6.92 Å². The molecule has 0 radical (unpaired) electrons. The summed E-state index contributed by atoms with van der Waals surface area (Å²) in [5.74, 6) is -1.44. The van der Waals surface area contributed by atoms with Crippen LogP contribution in [0.25, 0.3) is 0 Å². The molecule has 0 bridgehead atoms. The first-order chi connectivity index (χ1) is 11.7. The fourth-order valence-electron chi connectivity index (χ4n) is 2.85. The van der Waals surface area contributed by atoms with Gasteiger partial charge in [0.1, 0.15) is 0 Å². The Morgan fingerprint density at radius 2 is 1.96 bits per heavy atom. The standard InChI is InChI=1S/C16H20F3N3O2S/c1-2-13-9-12(3-4-14(13)10-20)11-21-25(23,24)22-7-5-15(6-8-22)16(17,18)19/h3-4,9,15,21H,2,5-8,11H2,1H3. The Hall–Kier alpha value is -1.63. The third-order valence-corrected chi connectivity index (χ3v) is 5.94. The van der Waals surface area contributed by atoms with Crippen molar-refractivity contribution in [3.05, 3.63) is 34.9 Å². The predicted molar refractivity (Wildman–Crippen MR) is 86.6 cm³/mol. The second kappa shape index (κ2) is 7.72. The maximum atomic E-state index is 12.7. The van der Waals surface area contributed by atoms with Crippen molar-refractivity contribution in [2.45, 2.75) is 38.9 Å². The number of nitrogens with one attached hydrogen (secondary N) is 1. The molecule has 1 aromatic carbocycles. The van der Waals surface area contributed by atoms with Gasteiger partial charge in [-0.15, -0.1) is 0 Å². The van der Waals surface area contributed by atoms with Gasteiger partial charge in [-0.2, -0.15) is 35.9 Å². The molecule has 1 aliphatic rings. The fraction of sp³-hybridized carbons (Fsp3) is 0.562. The number of nitrogens with zero attached hydrogens (tertiary/aromatic N) is 2. The zero-order valence-electron chi connectivity index (χ0n) is 13.8. The summed E-state index contributed by atoms with van der Waals surface area (Å²) in [6.07, 6.45) is -4.07.